The summed E-state index contributed by atoms with van der Waals surface area (Å²) in [6, 6.07) is 0. The van der Waals surface area contributed by atoms with Crippen molar-refractivity contribution in [3.63, 3.8) is 0 Å². The van der Waals surface area contributed by atoms with Gasteiger partial charge in [0.1, 0.15) is 0 Å². The second-order valence-corrected chi connectivity index (χ2v) is 4.05. The Balaban J connectivity index is 2.14. The number of hydrogen-bond donors (Lipinski definition) is 1. The third-order valence-electron chi connectivity index (χ3n) is 1.93. The second kappa shape index (κ2) is 2.05. The molecular weight excluding hydrogens is 155 g/mol. The Bertz CT molecular complexity index is 176. The molecule has 2 rings (SSSR count). The van der Waals surface area contributed by atoms with Gasteiger partial charge in [0.2, 0.25) is 0 Å². The summed E-state index contributed by atoms with van der Waals surface area (Å²) in [5.74, 6) is 0. The van der Waals surface area contributed by atoms with E-state index in [0.29, 0.717) is 0 Å². The largest absolute Gasteiger partial charge is 0.472 e. The van der Waals surface area contributed by atoms with Crippen molar-refractivity contribution in [1.82, 2.24) is 0 Å². The van der Waals surface area contributed by atoms with E-state index in [1.54, 1.807) is 0 Å². The van der Waals surface area contributed by atoms with Crippen molar-refractivity contribution in [3.8, 4) is 0 Å². The van der Waals surface area contributed by atoms with E-state index in [1.165, 1.54) is 0 Å². The van der Waals surface area contributed by atoms with Crippen LogP contribution < -0.4 is 0 Å². The zero-order valence-corrected chi connectivity index (χ0v) is 6.29. The van der Waals surface area contributed by atoms with Crippen molar-refractivity contribution in [2.45, 2.75) is 31.5 Å². The number of fused-ring (bicyclic) bond motifs is 1. The summed E-state index contributed by atoms with van der Waals surface area (Å²) in [6.45, 7) is 0. The zero-order chi connectivity index (χ0) is 7.19. The summed E-state index contributed by atoms with van der Waals surface area (Å²) in [5, 5.41) is 0. The van der Waals surface area contributed by atoms with Crippen LogP contribution in [0.25, 0.3) is 0 Å². The summed E-state index contributed by atoms with van der Waals surface area (Å²) in [5.41, 5.74) is 0. The molecule has 1 saturated carbocycles. The Labute approximate surface area is 58.8 Å². The fourth-order valence-electron chi connectivity index (χ4n) is 1.50. The first-order valence-electron chi connectivity index (χ1n) is 3.37. The minimum atomic E-state index is -3.62. The van der Waals surface area contributed by atoms with Gasteiger partial charge in [-0.3, -0.25) is 9.05 Å². The molecule has 0 aromatic rings. The van der Waals surface area contributed by atoms with E-state index in [1.807, 2.05) is 0 Å². The van der Waals surface area contributed by atoms with Crippen molar-refractivity contribution in [2.24, 2.45) is 0 Å². The summed E-state index contributed by atoms with van der Waals surface area (Å²) in [7, 11) is -3.62. The first-order valence-corrected chi connectivity index (χ1v) is 4.86. The number of phosphoric acid groups is 1. The summed E-state index contributed by atoms with van der Waals surface area (Å²) >= 11 is 0. The minimum absolute atomic E-state index is 0.115. The van der Waals surface area contributed by atoms with E-state index >= 15 is 0 Å². The molecule has 5 heteroatoms. The van der Waals surface area contributed by atoms with Crippen LogP contribution in [0.15, 0.2) is 0 Å². The highest BCUT2D eigenvalue weighted by atomic mass is 31.2. The summed E-state index contributed by atoms with van der Waals surface area (Å²) in [6.07, 6.45) is 2.52. The lowest BCUT2D eigenvalue weighted by Crippen LogP contribution is -2.13. The molecule has 58 valence electrons. The predicted octanol–water partition coefficient (Wildman–Crippen LogP) is 1.05. The van der Waals surface area contributed by atoms with E-state index in [9.17, 15) is 4.57 Å². The minimum Gasteiger partial charge on any atom is -0.302 e. The monoisotopic (exact) mass is 164 g/mol. The highest BCUT2D eigenvalue weighted by Crippen LogP contribution is 2.56. The molecule has 0 aromatic carbocycles. The van der Waals surface area contributed by atoms with Gasteiger partial charge >= 0.3 is 7.82 Å². The Morgan fingerprint density at radius 2 is 1.80 bits per heavy atom. The SMILES string of the molecule is O=P1(O)OC2CCCC2O1. The molecule has 0 spiro atoms. The molecule has 1 heterocycles. The maximum atomic E-state index is 10.7. The van der Waals surface area contributed by atoms with E-state index in [2.05, 4.69) is 0 Å². The molecule has 2 unspecified atom stereocenters. The van der Waals surface area contributed by atoms with Gasteiger partial charge in [-0.15, -0.1) is 0 Å². The molecule has 1 aliphatic heterocycles. The molecule has 0 radical (unpaired) electrons. The molecule has 0 aromatic heterocycles. The molecule has 0 amide bonds. The van der Waals surface area contributed by atoms with Crippen LogP contribution in [0.3, 0.4) is 0 Å². The van der Waals surface area contributed by atoms with Crippen LogP contribution in [0, 0.1) is 0 Å². The Morgan fingerprint density at radius 1 is 1.30 bits per heavy atom. The fourth-order valence-corrected chi connectivity index (χ4v) is 2.72. The van der Waals surface area contributed by atoms with Gasteiger partial charge in [0, 0.05) is 0 Å². The zero-order valence-electron chi connectivity index (χ0n) is 5.40. The lowest BCUT2D eigenvalue weighted by atomic mass is 10.3. The fraction of sp³-hybridized carbons (Fsp3) is 1.00. The maximum absolute atomic E-state index is 10.7. The molecule has 10 heavy (non-hydrogen) atoms. The normalized spacial score (nSPS) is 53.3. The quantitative estimate of drug-likeness (QED) is 0.544. The van der Waals surface area contributed by atoms with Crippen molar-refractivity contribution in [1.29, 1.82) is 0 Å². The van der Waals surface area contributed by atoms with E-state index in [-0.39, 0.29) is 12.2 Å². The second-order valence-electron chi connectivity index (χ2n) is 2.69. The van der Waals surface area contributed by atoms with Crippen molar-refractivity contribution in [2.75, 3.05) is 0 Å². The van der Waals surface area contributed by atoms with Gasteiger partial charge in [0.15, 0.2) is 0 Å². The van der Waals surface area contributed by atoms with Gasteiger partial charge in [-0.05, 0) is 19.3 Å². The first-order chi connectivity index (χ1) is 4.67. The van der Waals surface area contributed by atoms with Crippen LogP contribution in [-0.2, 0) is 13.6 Å². The van der Waals surface area contributed by atoms with Crippen molar-refractivity contribution >= 4 is 7.82 Å². The van der Waals surface area contributed by atoms with E-state index in [4.69, 9.17) is 13.9 Å². The van der Waals surface area contributed by atoms with Gasteiger partial charge in [-0.25, -0.2) is 4.57 Å². The smallest absolute Gasteiger partial charge is 0.302 e. The third-order valence-corrected chi connectivity index (χ3v) is 3.00. The molecule has 2 fully saturated rings. The number of hydrogen-bond acceptors (Lipinski definition) is 3. The van der Waals surface area contributed by atoms with E-state index < -0.39 is 7.82 Å². The highest BCUT2D eigenvalue weighted by Gasteiger charge is 2.45. The molecule has 1 N–H and O–H groups in total. The molecule has 2 atom stereocenters. The predicted molar refractivity (Wildman–Crippen MR) is 33.4 cm³/mol. The van der Waals surface area contributed by atoms with Crippen LogP contribution in [0.2, 0.25) is 0 Å². The summed E-state index contributed by atoms with van der Waals surface area (Å²) < 4.78 is 20.3. The average molecular weight is 164 g/mol. The van der Waals surface area contributed by atoms with Crippen LogP contribution in [0.5, 0.6) is 0 Å². The van der Waals surface area contributed by atoms with Gasteiger partial charge in [-0.1, -0.05) is 0 Å². The average Bonchev–Trinajstić information content (AvgIpc) is 2.20. The molecule has 1 saturated heterocycles. The third kappa shape index (κ3) is 1.01. The first kappa shape index (κ1) is 6.80. The van der Waals surface area contributed by atoms with Crippen LogP contribution in [-0.4, -0.2) is 17.1 Å². The highest BCUT2D eigenvalue weighted by molar-refractivity contribution is 7.47. The lowest BCUT2D eigenvalue weighted by molar-refractivity contribution is 0.187. The number of rotatable bonds is 0. The molecule has 1 aliphatic carbocycles. The maximum Gasteiger partial charge on any atom is 0.472 e. The topological polar surface area (TPSA) is 55.8 Å². The summed E-state index contributed by atoms with van der Waals surface area (Å²) in [4.78, 5) is 8.81. The van der Waals surface area contributed by atoms with Gasteiger partial charge in [0.25, 0.3) is 0 Å². The lowest BCUT2D eigenvalue weighted by Gasteiger charge is -2.01. The molecule has 0 bridgehead atoms. The van der Waals surface area contributed by atoms with Crippen LogP contribution in [0.4, 0.5) is 0 Å². The Morgan fingerprint density at radius 3 is 2.30 bits per heavy atom. The Hall–Kier alpha value is 0.110. The van der Waals surface area contributed by atoms with Gasteiger partial charge in [-0.2, -0.15) is 0 Å². The van der Waals surface area contributed by atoms with Gasteiger partial charge < -0.3 is 4.89 Å². The van der Waals surface area contributed by atoms with Crippen molar-refractivity contribution in [3.05, 3.63) is 0 Å². The van der Waals surface area contributed by atoms with Crippen LogP contribution >= 0.6 is 7.82 Å². The van der Waals surface area contributed by atoms with Gasteiger partial charge in [0.05, 0.1) is 12.2 Å². The Kier molecular flexibility index (Phi) is 1.39. The standard InChI is InChI=1S/C5H9O4P/c6-10(7)8-4-2-1-3-5(4)9-10/h4-5H,1-3H2,(H,6,7). The molecular formula is C5H9O4P. The molecule has 2 aliphatic rings. The van der Waals surface area contributed by atoms with E-state index in [0.717, 1.165) is 19.3 Å². The van der Waals surface area contributed by atoms with Crippen LogP contribution in [0.1, 0.15) is 19.3 Å². The molecule has 4 nitrogen and oxygen atoms in total. The van der Waals surface area contributed by atoms with Crippen molar-refractivity contribution < 1.29 is 18.5 Å². The number of phosphoric ester groups is 1.